The topological polar surface area (TPSA) is 46.2 Å². The first-order valence-corrected chi connectivity index (χ1v) is 8.54. The van der Waals surface area contributed by atoms with Crippen LogP contribution < -0.4 is 4.72 Å². The van der Waals surface area contributed by atoms with E-state index in [4.69, 9.17) is 0 Å². The zero-order chi connectivity index (χ0) is 15.7. The molecule has 3 nitrogen and oxygen atoms in total. The second kappa shape index (κ2) is 6.33. The average molecular weight is 439 g/mol. The lowest BCUT2D eigenvalue weighted by Gasteiger charge is -2.17. The molecule has 9 heteroatoms. The molecule has 1 unspecified atom stereocenters. The summed E-state index contributed by atoms with van der Waals surface area (Å²) < 4.78 is 63.7. The molecular formula is C11H12Br2F3NO2S. The van der Waals surface area contributed by atoms with Gasteiger partial charge in [0.15, 0.2) is 0 Å². The molecule has 0 heterocycles. The molecular weight excluding hydrogens is 427 g/mol. The first-order valence-electron chi connectivity index (χ1n) is 5.47. The Kier molecular flexibility index (Phi) is 5.67. The summed E-state index contributed by atoms with van der Waals surface area (Å²) in [6.45, 7) is 2.94. The average Bonchev–Trinajstić information content (AvgIpc) is 2.19. The van der Waals surface area contributed by atoms with E-state index in [0.29, 0.717) is 8.95 Å². The van der Waals surface area contributed by atoms with Crippen LogP contribution in [0.3, 0.4) is 0 Å². The van der Waals surface area contributed by atoms with Crippen molar-refractivity contribution in [2.75, 3.05) is 0 Å². The van der Waals surface area contributed by atoms with Crippen LogP contribution in [0.1, 0.15) is 18.9 Å². The molecule has 20 heavy (non-hydrogen) atoms. The zero-order valence-electron chi connectivity index (χ0n) is 10.6. The van der Waals surface area contributed by atoms with Crippen LogP contribution >= 0.6 is 31.9 Å². The van der Waals surface area contributed by atoms with Gasteiger partial charge in [-0.25, -0.2) is 13.1 Å². The highest BCUT2D eigenvalue weighted by Crippen LogP contribution is 2.29. The number of aryl methyl sites for hydroxylation is 1. The van der Waals surface area contributed by atoms with Crippen LogP contribution in [0.5, 0.6) is 0 Å². The molecule has 1 atom stereocenters. The van der Waals surface area contributed by atoms with Crippen LogP contribution in [0.15, 0.2) is 26.0 Å². The largest absolute Gasteiger partial charge is 0.390 e. The summed E-state index contributed by atoms with van der Waals surface area (Å²) in [5.41, 5.74) is 0.805. The van der Waals surface area contributed by atoms with E-state index in [1.165, 1.54) is 13.0 Å². The van der Waals surface area contributed by atoms with Gasteiger partial charge in [0.05, 0.1) is 11.3 Å². The van der Waals surface area contributed by atoms with E-state index in [1.807, 2.05) is 4.72 Å². The fourth-order valence-electron chi connectivity index (χ4n) is 1.55. The third kappa shape index (κ3) is 5.01. The predicted octanol–water partition coefficient (Wildman–Crippen LogP) is 4.14. The molecule has 114 valence electrons. The van der Waals surface area contributed by atoms with Crippen molar-refractivity contribution in [3.8, 4) is 0 Å². The second-order valence-electron chi connectivity index (χ2n) is 4.37. The number of rotatable bonds is 4. The maximum absolute atomic E-state index is 12.2. The molecule has 0 fully saturated rings. The van der Waals surface area contributed by atoms with E-state index in [9.17, 15) is 21.6 Å². The Hall–Kier alpha value is -0.120. The number of hydrogen-bond donors (Lipinski definition) is 1. The SMILES string of the molecule is Cc1cc(Br)c(S(=O)(=O)NC(C)CC(F)(F)F)cc1Br. The van der Waals surface area contributed by atoms with Crippen molar-refractivity contribution in [3.05, 3.63) is 26.6 Å². The standard InChI is InChI=1S/C11H12Br2F3NO2S/c1-6-3-9(13)10(4-8(6)12)20(18,19)17-7(2)5-11(14,15)16/h3-4,7,17H,5H2,1-2H3. The first-order chi connectivity index (χ1) is 8.92. The number of hydrogen-bond acceptors (Lipinski definition) is 2. The molecule has 0 spiro atoms. The minimum atomic E-state index is -4.42. The van der Waals surface area contributed by atoms with Crippen molar-refractivity contribution in [3.63, 3.8) is 0 Å². The first kappa shape index (κ1) is 17.9. The Bertz CT molecular complexity index is 602. The summed E-state index contributed by atoms with van der Waals surface area (Å²) in [6.07, 6.45) is -5.65. The third-order valence-corrected chi connectivity index (χ3v) is 5.80. The summed E-state index contributed by atoms with van der Waals surface area (Å²) >= 11 is 6.30. The Balaban J connectivity index is 3.03. The minimum absolute atomic E-state index is 0.107. The fraction of sp³-hybridized carbons (Fsp3) is 0.455. The monoisotopic (exact) mass is 437 g/mol. The molecule has 0 bridgehead atoms. The Morgan fingerprint density at radius 3 is 2.30 bits per heavy atom. The molecule has 0 aliphatic heterocycles. The molecule has 0 saturated heterocycles. The minimum Gasteiger partial charge on any atom is -0.208 e. The van der Waals surface area contributed by atoms with Gasteiger partial charge in [-0.05, 0) is 47.5 Å². The van der Waals surface area contributed by atoms with Crippen molar-refractivity contribution in [2.45, 2.75) is 37.4 Å². The smallest absolute Gasteiger partial charge is 0.208 e. The van der Waals surface area contributed by atoms with E-state index >= 15 is 0 Å². The summed E-state index contributed by atoms with van der Waals surface area (Å²) in [7, 11) is -4.03. The van der Waals surface area contributed by atoms with Crippen molar-refractivity contribution < 1.29 is 21.6 Å². The Morgan fingerprint density at radius 2 is 1.80 bits per heavy atom. The van der Waals surface area contributed by atoms with Gasteiger partial charge in [-0.15, -0.1) is 0 Å². The highest BCUT2D eigenvalue weighted by molar-refractivity contribution is 9.11. The molecule has 0 amide bonds. The van der Waals surface area contributed by atoms with E-state index in [1.54, 1.807) is 13.0 Å². The van der Waals surface area contributed by atoms with Crippen molar-refractivity contribution in [1.82, 2.24) is 4.72 Å². The number of halogens is 5. The number of sulfonamides is 1. The number of benzene rings is 1. The van der Waals surface area contributed by atoms with Gasteiger partial charge in [0.25, 0.3) is 0 Å². The second-order valence-corrected chi connectivity index (χ2v) is 7.76. The number of nitrogens with one attached hydrogen (secondary N) is 1. The van der Waals surface area contributed by atoms with Gasteiger partial charge in [-0.2, -0.15) is 13.2 Å². The summed E-state index contributed by atoms with van der Waals surface area (Å²) in [4.78, 5) is -0.107. The molecule has 0 aliphatic carbocycles. The van der Waals surface area contributed by atoms with E-state index in [0.717, 1.165) is 5.56 Å². The third-order valence-electron chi connectivity index (χ3n) is 2.40. The zero-order valence-corrected chi connectivity index (χ0v) is 14.5. The lowest BCUT2D eigenvalue weighted by Crippen LogP contribution is -2.36. The van der Waals surface area contributed by atoms with Crippen molar-refractivity contribution in [1.29, 1.82) is 0 Å². The van der Waals surface area contributed by atoms with Gasteiger partial charge in [-0.1, -0.05) is 15.9 Å². The Labute approximate surface area is 132 Å². The molecule has 1 rings (SSSR count). The molecule has 1 aromatic carbocycles. The summed E-state index contributed by atoms with van der Waals surface area (Å²) in [6, 6.07) is 1.68. The lowest BCUT2D eigenvalue weighted by molar-refractivity contribution is -0.137. The molecule has 0 radical (unpaired) electrons. The predicted molar refractivity (Wildman–Crippen MR) is 77.0 cm³/mol. The molecule has 1 N–H and O–H groups in total. The van der Waals surface area contributed by atoms with Gasteiger partial charge in [0, 0.05) is 15.0 Å². The van der Waals surface area contributed by atoms with Crippen LogP contribution in [0.25, 0.3) is 0 Å². The molecule has 1 aromatic rings. The summed E-state index contributed by atoms with van der Waals surface area (Å²) in [5, 5.41) is 0. The maximum atomic E-state index is 12.2. The van der Waals surface area contributed by atoms with Gasteiger partial charge in [0.1, 0.15) is 0 Å². The molecule has 0 saturated carbocycles. The Morgan fingerprint density at radius 1 is 1.25 bits per heavy atom. The van der Waals surface area contributed by atoms with Crippen molar-refractivity contribution in [2.24, 2.45) is 0 Å². The molecule has 0 aromatic heterocycles. The highest BCUT2D eigenvalue weighted by Gasteiger charge is 2.32. The highest BCUT2D eigenvalue weighted by atomic mass is 79.9. The van der Waals surface area contributed by atoms with Crippen LogP contribution in [-0.4, -0.2) is 20.6 Å². The van der Waals surface area contributed by atoms with Crippen LogP contribution in [0.4, 0.5) is 13.2 Å². The molecule has 0 aliphatic rings. The van der Waals surface area contributed by atoms with Crippen LogP contribution in [0, 0.1) is 6.92 Å². The quantitative estimate of drug-likeness (QED) is 0.767. The van der Waals surface area contributed by atoms with Crippen LogP contribution in [-0.2, 0) is 10.0 Å². The van der Waals surface area contributed by atoms with E-state index < -0.39 is 28.7 Å². The maximum Gasteiger partial charge on any atom is 0.390 e. The lowest BCUT2D eigenvalue weighted by atomic mass is 10.2. The van der Waals surface area contributed by atoms with Gasteiger partial charge >= 0.3 is 6.18 Å². The van der Waals surface area contributed by atoms with E-state index in [-0.39, 0.29) is 4.90 Å². The van der Waals surface area contributed by atoms with Gasteiger partial charge in [-0.3, -0.25) is 0 Å². The summed E-state index contributed by atoms with van der Waals surface area (Å²) in [5.74, 6) is 0. The van der Waals surface area contributed by atoms with Crippen LogP contribution in [0.2, 0.25) is 0 Å². The fourth-order valence-corrected chi connectivity index (χ4v) is 4.47. The van der Waals surface area contributed by atoms with Gasteiger partial charge < -0.3 is 0 Å². The van der Waals surface area contributed by atoms with Gasteiger partial charge in [0.2, 0.25) is 10.0 Å². The normalized spacial score (nSPS) is 14.3. The number of alkyl halides is 3. The van der Waals surface area contributed by atoms with Crippen molar-refractivity contribution >= 4 is 41.9 Å². The van der Waals surface area contributed by atoms with E-state index in [2.05, 4.69) is 31.9 Å².